The lowest BCUT2D eigenvalue weighted by atomic mass is 10.2. The van der Waals surface area contributed by atoms with Gasteiger partial charge in [-0.15, -0.1) is 0 Å². The second-order valence-corrected chi connectivity index (χ2v) is 4.63. The fourth-order valence-corrected chi connectivity index (χ4v) is 2.16. The van der Waals surface area contributed by atoms with Crippen LogP contribution in [0.25, 0.3) is 0 Å². The molecule has 1 aromatic rings. The van der Waals surface area contributed by atoms with Crippen LogP contribution < -0.4 is 4.74 Å². The molecule has 0 bridgehead atoms. The summed E-state index contributed by atoms with van der Waals surface area (Å²) in [6.45, 7) is 1.36. The van der Waals surface area contributed by atoms with Gasteiger partial charge < -0.3 is 14.6 Å². The normalized spacial score (nSPS) is 18.8. The zero-order chi connectivity index (χ0) is 13.0. The number of rotatable bonds is 5. The van der Waals surface area contributed by atoms with Crippen LogP contribution in [0.1, 0.15) is 29.6 Å². The van der Waals surface area contributed by atoms with Crippen molar-refractivity contribution in [2.75, 3.05) is 13.2 Å². The quantitative estimate of drug-likeness (QED) is 0.894. The average Bonchev–Trinajstić information content (AvgIpc) is 2.84. The van der Waals surface area contributed by atoms with Gasteiger partial charge >= 0.3 is 5.97 Å². The Morgan fingerprint density at radius 1 is 1.56 bits per heavy atom. The Morgan fingerprint density at radius 2 is 2.39 bits per heavy atom. The van der Waals surface area contributed by atoms with Gasteiger partial charge in [-0.25, -0.2) is 4.79 Å². The summed E-state index contributed by atoms with van der Waals surface area (Å²) in [6.07, 6.45) is 3.30. The van der Waals surface area contributed by atoms with E-state index in [1.54, 1.807) is 6.07 Å². The smallest absolute Gasteiger partial charge is 0.335 e. The first-order valence-electron chi connectivity index (χ1n) is 5.94. The van der Waals surface area contributed by atoms with E-state index < -0.39 is 5.97 Å². The van der Waals surface area contributed by atoms with Gasteiger partial charge in [-0.1, -0.05) is 11.6 Å². The summed E-state index contributed by atoms with van der Waals surface area (Å²) in [5.41, 5.74) is 0.159. The van der Waals surface area contributed by atoms with Crippen molar-refractivity contribution in [3.8, 4) is 5.75 Å². The van der Waals surface area contributed by atoms with Crippen molar-refractivity contribution in [1.29, 1.82) is 0 Å². The van der Waals surface area contributed by atoms with Crippen LogP contribution in [-0.2, 0) is 4.74 Å². The van der Waals surface area contributed by atoms with Crippen molar-refractivity contribution in [2.24, 2.45) is 0 Å². The fraction of sp³-hybridized carbons (Fsp3) is 0.462. The first kappa shape index (κ1) is 13.2. The first-order valence-corrected chi connectivity index (χ1v) is 6.32. The fourth-order valence-electron chi connectivity index (χ4n) is 1.92. The summed E-state index contributed by atoms with van der Waals surface area (Å²) < 4.78 is 11.0. The number of ether oxygens (including phenoxy) is 2. The van der Waals surface area contributed by atoms with E-state index in [1.165, 1.54) is 12.1 Å². The van der Waals surface area contributed by atoms with Gasteiger partial charge in [-0.3, -0.25) is 0 Å². The zero-order valence-corrected chi connectivity index (χ0v) is 10.7. The molecule has 0 aromatic heterocycles. The molecular weight excluding hydrogens is 256 g/mol. The predicted octanol–water partition coefficient (Wildman–Crippen LogP) is 2.99. The molecule has 1 saturated heterocycles. The number of aromatic carboxylic acids is 1. The van der Waals surface area contributed by atoms with Crippen LogP contribution in [-0.4, -0.2) is 30.4 Å². The second kappa shape index (κ2) is 6.07. The van der Waals surface area contributed by atoms with Gasteiger partial charge in [-0.05, 0) is 31.0 Å². The van der Waals surface area contributed by atoms with E-state index in [-0.39, 0.29) is 11.7 Å². The molecule has 1 N–H and O–H groups in total. The molecule has 98 valence electrons. The van der Waals surface area contributed by atoms with Gasteiger partial charge in [0, 0.05) is 13.0 Å². The van der Waals surface area contributed by atoms with Crippen LogP contribution in [0, 0.1) is 0 Å². The van der Waals surface area contributed by atoms with Crippen LogP contribution in [0.3, 0.4) is 0 Å². The van der Waals surface area contributed by atoms with Crippen LogP contribution in [0.2, 0.25) is 5.02 Å². The molecule has 1 aliphatic heterocycles. The molecule has 4 nitrogen and oxygen atoms in total. The van der Waals surface area contributed by atoms with Crippen LogP contribution in [0.4, 0.5) is 0 Å². The third-order valence-corrected chi connectivity index (χ3v) is 3.20. The monoisotopic (exact) mass is 270 g/mol. The van der Waals surface area contributed by atoms with Crippen molar-refractivity contribution >= 4 is 17.6 Å². The molecule has 1 fully saturated rings. The van der Waals surface area contributed by atoms with Crippen LogP contribution in [0.5, 0.6) is 5.75 Å². The van der Waals surface area contributed by atoms with Crippen molar-refractivity contribution < 1.29 is 19.4 Å². The largest absolute Gasteiger partial charge is 0.492 e. The van der Waals surface area contributed by atoms with Gasteiger partial charge in [0.25, 0.3) is 0 Å². The Hall–Kier alpha value is -1.26. The van der Waals surface area contributed by atoms with Crippen molar-refractivity contribution in [3.63, 3.8) is 0 Å². The lowest BCUT2D eigenvalue weighted by molar-refractivity contribution is 0.0697. The summed E-state index contributed by atoms with van der Waals surface area (Å²) in [5, 5.41) is 9.13. The van der Waals surface area contributed by atoms with E-state index in [0.717, 1.165) is 25.9 Å². The van der Waals surface area contributed by atoms with E-state index in [4.69, 9.17) is 26.2 Å². The minimum absolute atomic E-state index is 0.159. The number of benzene rings is 1. The maximum atomic E-state index is 10.7. The Labute approximate surface area is 110 Å². The molecule has 1 unspecified atom stereocenters. The maximum absolute atomic E-state index is 10.7. The molecule has 0 amide bonds. The Balaban J connectivity index is 1.87. The number of halogens is 1. The molecule has 1 aliphatic rings. The van der Waals surface area contributed by atoms with Crippen LogP contribution in [0.15, 0.2) is 18.2 Å². The summed E-state index contributed by atoms with van der Waals surface area (Å²) in [5.74, 6) is -0.484. The lowest BCUT2D eigenvalue weighted by Gasteiger charge is -2.11. The standard InChI is InChI=1S/C13H15ClO4/c14-11-8-9(13(15)16)3-4-12(11)18-7-5-10-2-1-6-17-10/h3-4,8,10H,1-2,5-7H2,(H,15,16). The number of carboxylic acid groups (broad SMARTS) is 1. The minimum Gasteiger partial charge on any atom is -0.492 e. The van der Waals surface area contributed by atoms with Crippen molar-refractivity contribution in [3.05, 3.63) is 28.8 Å². The SMILES string of the molecule is O=C(O)c1ccc(OCCC2CCCO2)c(Cl)c1. The highest BCUT2D eigenvalue weighted by Crippen LogP contribution is 2.26. The highest BCUT2D eigenvalue weighted by atomic mass is 35.5. The third-order valence-electron chi connectivity index (χ3n) is 2.90. The molecule has 18 heavy (non-hydrogen) atoms. The molecule has 1 heterocycles. The first-order chi connectivity index (χ1) is 8.66. The van der Waals surface area contributed by atoms with Crippen LogP contribution >= 0.6 is 11.6 Å². The van der Waals surface area contributed by atoms with Gasteiger partial charge in [0.2, 0.25) is 0 Å². The predicted molar refractivity (Wildman–Crippen MR) is 67.5 cm³/mol. The minimum atomic E-state index is -0.997. The highest BCUT2D eigenvalue weighted by Gasteiger charge is 2.15. The molecule has 0 saturated carbocycles. The van der Waals surface area contributed by atoms with E-state index >= 15 is 0 Å². The number of carboxylic acids is 1. The molecule has 0 radical (unpaired) electrons. The summed E-state index contributed by atoms with van der Waals surface area (Å²) in [4.78, 5) is 10.7. The number of hydrogen-bond donors (Lipinski definition) is 1. The Morgan fingerprint density at radius 3 is 3.00 bits per heavy atom. The average molecular weight is 271 g/mol. The molecule has 1 aromatic carbocycles. The number of carbonyl (C=O) groups is 1. The van der Waals surface area contributed by atoms with Crippen molar-refractivity contribution in [2.45, 2.75) is 25.4 Å². The molecule has 1 atom stereocenters. The summed E-state index contributed by atoms with van der Waals surface area (Å²) >= 11 is 5.95. The number of hydrogen-bond acceptors (Lipinski definition) is 3. The second-order valence-electron chi connectivity index (χ2n) is 4.22. The highest BCUT2D eigenvalue weighted by molar-refractivity contribution is 6.32. The Kier molecular flexibility index (Phi) is 4.44. The van der Waals surface area contributed by atoms with Crippen molar-refractivity contribution in [1.82, 2.24) is 0 Å². The molecule has 5 heteroatoms. The third kappa shape index (κ3) is 3.37. The topological polar surface area (TPSA) is 55.8 Å². The lowest BCUT2D eigenvalue weighted by Crippen LogP contribution is -2.11. The van der Waals surface area contributed by atoms with Gasteiger partial charge in [-0.2, -0.15) is 0 Å². The van der Waals surface area contributed by atoms with E-state index in [0.29, 0.717) is 17.4 Å². The maximum Gasteiger partial charge on any atom is 0.335 e. The zero-order valence-electron chi connectivity index (χ0n) is 9.89. The van der Waals surface area contributed by atoms with E-state index in [2.05, 4.69) is 0 Å². The van der Waals surface area contributed by atoms with E-state index in [9.17, 15) is 4.79 Å². The van der Waals surface area contributed by atoms with E-state index in [1.807, 2.05) is 0 Å². The molecule has 0 spiro atoms. The molecule has 0 aliphatic carbocycles. The van der Waals surface area contributed by atoms with Gasteiger partial charge in [0.1, 0.15) is 5.75 Å². The summed E-state index contributed by atoms with van der Waals surface area (Å²) in [7, 11) is 0. The van der Waals surface area contributed by atoms with Gasteiger partial charge in [0.15, 0.2) is 0 Å². The summed E-state index contributed by atoms with van der Waals surface area (Å²) in [6, 6.07) is 4.46. The Bertz CT molecular complexity index is 427. The van der Waals surface area contributed by atoms with Gasteiger partial charge in [0.05, 0.1) is 23.3 Å². The molecule has 2 rings (SSSR count). The molecular formula is C13H15ClO4.